The fraction of sp³-hybridized carbons (Fsp3) is 0.960. The van der Waals surface area contributed by atoms with Crippen LogP contribution in [0.25, 0.3) is 0 Å². The van der Waals surface area contributed by atoms with Gasteiger partial charge in [-0.1, -0.05) is 13.8 Å². The first-order valence-electron chi connectivity index (χ1n) is 12.8. The van der Waals surface area contributed by atoms with Gasteiger partial charge >= 0.3 is 0 Å². The van der Waals surface area contributed by atoms with E-state index in [1.54, 1.807) is 7.11 Å². The van der Waals surface area contributed by atoms with Gasteiger partial charge in [-0.25, -0.2) is 0 Å². The van der Waals surface area contributed by atoms with Crippen LogP contribution in [0, 0.1) is 53.8 Å². The molecule has 9 atom stereocenters. The number of rotatable bonds is 5. The summed E-state index contributed by atoms with van der Waals surface area (Å²) < 4.78 is 5.35. The molecule has 6 heteroatoms. The van der Waals surface area contributed by atoms with E-state index >= 15 is 0 Å². The molecule has 4 aliphatic carbocycles. The van der Waals surface area contributed by atoms with Crippen LogP contribution >= 0.6 is 0 Å². The molecule has 6 nitrogen and oxygen atoms in total. The van der Waals surface area contributed by atoms with Crippen LogP contribution in [0.4, 0.5) is 0 Å². The molecule has 31 heavy (non-hydrogen) atoms. The molecule has 1 heterocycles. The van der Waals surface area contributed by atoms with Gasteiger partial charge in [-0.05, 0) is 117 Å². The van der Waals surface area contributed by atoms with Gasteiger partial charge in [0.1, 0.15) is 0 Å². The van der Waals surface area contributed by atoms with Crippen molar-refractivity contribution in [1.29, 1.82) is 0 Å². The van der Waals surface area contributed by atoms with E-state index in [-0.39, 0.29) is 0 Å². The smallest absolute Gasteiger partial charge is 0.171 e. The maximum Gasteiger partial charge on any atom is 0.171 e. The molecular weight excluding hydrogens is 388 g/mol. The van der Waals surface area contributed by atoms with E-state index in [0.29, 0.717) is 23.9 Å². The maximum atomic E-state index is 11.0. The van der Waals surface area contributed by atoms with Gasteiger partial charge < -0.3 is 9.84 Å². The Morgan fingerprint density at radius 2 is 1.90 bits per heavy atom. The van der Waals surface area contributed by atoms with E-state index in [9.17, 15) is 5.11 Å². The first kappa shape index (κ1) is 21.8. The number of ether oxygens (including phenoxy) is 1. The average Bonchev–Trinajstić information content (AvgIpc) is 3.29. The maximum absolute atomic E-state index is 11.0. The molecule has 4 aliphatic rings. The van der Waals surface area contributed by atoms with E-state index in [4.69, 9.17) is 4.74 Å². The zero-order valence-electron chi connectivity index (χ0n) is 20.0. The molecule has 5 rings (SSSR count). The molecule has 4 saturated carbocycles. The Labute approximate surface area is 187 Å². The highest BCUT2D eigenvalue weighted by molar-refractivity contribution is 5.07. The Kier molecular flexibility index (Phi) is 5.69. The second-order valence-electron chi connectivity index (χ2n) is 11.9. The zero-order chi connectivity index (χ0) is 21.8. The third kappa shape index (κ3) is 3.76. The highest BCUT2D eigenvalue weighted by atomic mass is 16.5. The number of aryl methyl sites for hydroxylation is 1. The van der Waals surface area contributed by atoms with E-state index < -0.39 is 5.60 Å². The molecule has 0 bridgehead atoms. The largest absolute Gasteiger partial charge is 0.387 e. The summed E-state index contributed by atoms with van der Waals surface area (Å²) in [4.78, 5) is 1.82. The molecule has 0 spiro atoms. The molecule has 0 aromatic carbocycles. The van der Waals surface area contributed by atoms with E-state index in [1.807, 2.05) is 11.7 Å². The molecular formula is C25H42N4O2. The number of fused-ring (bicyclic) bond motifs is 5. The van der Waals surface area contributed by atoms with Crippen molar-refractivity contribution in [3.63, 3.8) is 0 Å². The lowest BCUT2D eigenvalue weighted by molar-refractivity contribution is -0.126. The summed E-state index contributed by atoms with van der Waals surface area (Å²) in [5.74, 6) is 6.33. The van der Waals surface area contributed by atoms with E-state index in [0.717, 1.165) is 54.8 Å². The Bertz CT molecular complexity index is 783. The van der Waals surface area contributed by atoms with Crippen LogP contribution in [0.5, 0.6) is 0 Å². The minimum atomic E-state index is -0.576. The van der Waals surface area contributed by atoms with Gasteiger partial charge in [0.15, 0.2) is 5.82 Å². The van der Waals surface area contributed by atoms with Crippen molar-refractivity contribution in [3.05, 3.63) is 5.82 Å². The molecule has 0 saturated heterocycles. The first-order valence-corrected chi connectivity index (χ1v) is 12.8. The molecule has 1 aromatic heterocycles. The average molecular weight is 431 g/mol. The number of aliphatic hydroxyl groups is 1. The molecule has 0 aliphatic heterocycles. The van der Waals surface area contributed by atoms with E-state index in [2.05, 4.69) is 29.3 Å². The number of tetrazole rings is 1. The molecule has 0 unspecified atom stereocenters. The molecule has 0 radical (unpaired) electrons. The minimum Gasteiger partial charge on any atom is -0.387 e. The Hall–Kier alpha value is -1.01. The van der Waals surface area contributed by atoms with Crippen molar-refractivity contribution in [2.24, 2.45) is 46.8 Å². The van der Waals surface area contributed by atoms with Crippen LogP contribution in [0.3, 0.4) is 0 Å². The van der Waals surface area contributed by atoms with Gasteiger partial charge in [0, 0.05) is 7.11 Å². The van der Waals surface area contributed by atoms with Crippen LogP contribution in [0.2, 0.25) is 0 Å². The predicted octanol–water partition coefficient (Wildman–Crippen LogP) is 4.26. The Morgan fingerprint density at radius 3 is 2.65 bits per heavy atom. The van der Waals surface area contributed by atoms with Crippen molar-refractivity contribution >= 4 is 0 Å². The van der Waals surface area contributed by atoms with Crippen LogP contribution in [0.1, 0.15) is 77.5 Å². The van der Waals surface area contributed by atoms with Crippen molar-refractivity contribution in [1.82, 2.24) is 20.2 Å². The first-order chi connectivity index (χ1) is 14.8. The highest BCUT2D eigenvalue weighted by Crippen LogP contribution is 2.65. The van der Waals surface area contributed by atoms with Gasteiger partial charge in [-0.15, -0.1) is 10.2 Å². The Balaban J connectivity index is 1.28. The van der Waals surface area contributed by atoms with Crippen molar-refractivity contribution in [2.45, 2.75) is 90.7 Å². The second kappa shape index (κ2) is 8.09. The highest BCUT2D eigenvalue weighted by Gasteiger charge is 2.58. The second-order valence-corrected chi connectivity index (χ2v) is 11.9. The van der Waals surface area contributed by atoms with Crippen molar-refractivity contribution in [3.8, 4) is 0 Å². The quantitative estimate of drug-likeness (QED) is 0.755. The lowest BCUT2D eigenvalue weighted by atomic mass is 9.48. The number of nitrogens with zero attached hydrogens (tertiary/aromatic N) is 4. The topological polar surface area (TPSA) is 73.1 Å². The number of hydrogen-bond donors (Lipinski definition) is 1. The zero-order valence-corrected chi connectivity index (χ0v) is 20.0. The van der Waals surface area contributed by atoms with Gasteiger partial charge in [-0.2, -0.15) is 4.80 Å². The summed E-state index contributed by atoms with van der Waals surface area (Å²) in [6, 6.07) is 0. The molecule has 1 N–H and O–H groups in total. The normalized spacial score (nSPS) is 45.6. The monoisotopic (exact) mass is 430 g/mol. The van der Waals surface area contributed by atoms with Crippen LogP contribution < -0.4 is 0 Å². The summed E-state index contributed by atoms with van der Waals surface area (Å²) in [5, 5.41) is 23.7. The Morgan fingerprint density at radius 1 is 1.10 bits per heavy atom. The summed E-state index contributed by atoms with van der Waals surface area (Å²) >= 11 is 0. The number of methoxy groups -OCH3 is 1. The molecule has 174 valence electrons. The summed E-state index contributed by atoms with van der Waals surface area (Å²) in [5.41, 5.74) is -0.109. The number of hydrogen-bond acceptors (Lipinski definition) is 5. The summed E-state index contributed by atoms with van der Waals surface area (Å²) in [6.45, 7) is 8.35. The van der Waals surface area contributed by atoms with Gasteiger partial charge in [0.05, 0.1) is 18.8 Å². The van der Waals surface area contributed by atoms with Crippen LogP contribution in [-0.2, 0) is 11.3 Å². The van der Waals surface area contributed by atoms with Crippen LogP contribution in [-0.4, -0.2) is 44.6 Å². The SMILES string of the molecule is COC[C@@]1(O)CC[C@H]2[C@@H](CC[C@@H]3[C@@H]2CC[C@]2(C)[C@@H]([C@H](C)Cn4nnc(C)n4)CC[C@@H]32)C1. The lowest BCUT2D eigenvalue weighted by Gasteiger charge is -2.57. The third-order valence-electron chi connectivity index (χ3n) is 10.3. The summed E-state index contributed by atoms with van der Waals surface area (Å²) in [7, 11) is 1.72. The standard InChI is InChI=1S/C25H42N4O2/c1-16(14-29-27-17(2)26-28-29)22-7-8-23-21-6-5-18-13-25(30,15-31-4)12-10-19(18)20(21)9-11-24(22,23)3/h16,18-23,30H,5-15H2,1-4H3/t16-,18+,19+,20-,21-,22-,23+,24-,25-/m1/s1. The fourth-order valence-electron chi connectivity index (χ4n) is 9.12. The van der Waals surface area contributed by atoms with E-state index in [1.165, 1.54) is 44.9 Å². The summed E-state index contributed by atoms with van der Waals surface area (Å²) in [6.07, 6.45) is 11.3. The van der Waals surface area contributed by atoms with Gasteiger partial charge in [0.2, 0.25) is 0 Å². The van der Waals surface area contributed by atoms with Gasteiger partial charge in [-0.3, -0.25) is 0 Å². The lowest BCUT2D eigenvalue weighted by Crippen LogP contribution is -2.52. The fourth-order valence-corrected chi connectivity index (χ4v) is 9.12. The molecule has 0 amide bonds. The number of aromatic nitrogens is 4. The third-order valence-corrected chi connectivity index (χ3v) is 10.3. The molecule has 4 fully saturated rings. The van der Waals surface area contributed by atoms with Crippen molar-refractivity contribution < 1.29 is 9.84 Å². The minimum absolute atomic E-state index is 0.467. The van der Waals surface area contributed by atoms with Crippen molar-refractivity contribution in [2.75, 3.05) is 13.7 Å². The van der Waals surface area contributed by atoms with Gasteiger partial charge in [0.25, 0.3) is 0 Å². The molecule has 1 aromatic rings. The predicted molar refractivity (Wildman–Crippen MR) is 119 cm³/mol. The van der Waals surface area contributed by atoms with Crippen LogP contribution in [0.15, 0.2) is 0 Å².